The molecule has 23 heavy (non-hydrogen) atoms. The average Bonchev–Trinajstić information content (AvgIpc) is 2.46. The fourth-order valence-corrected chi connectivity index (χ4v) is 1.87. The average molecular weight is 315 g/mol. The van der Waals surface area contributed by atoms with Crippen molar-refractivity contribution in [1.82, 2.24) is 0 Å². The summed E-state index contributed by atoms with van der Waals surface area (Å²) in [6.07, 6.45) is 0. The molecule has 118 valence electrons. The number of ether oxygens (including phenoxy) is 1. The van der Waals surface area contributed by atoms with Gasteiger partial charge in [-0.15, -0.1) is 0 Å². The molecule has 1 amide bonds. The summed E-state index contributed by atoms with van der Waals surface area (Å²) in [7, 11) is -1.95. The molecule has 7 nitrogen and oxygen atoms in total. The van der Waals surface area contributed by atoms with Crippen LogP contribution in [0.25, 0.3) is 0 Å². The SMILES string of the molecule is CC(=O)Oc1ccccc1C(=O)Nc1cccc(OB(O)O)c1. The monoisotopic (exact) mass is 315 g/mol. The minimum atomic E-state index is -1.95. The molecule has 0 bridgehead atoms. The summed E-state index contributed by atoms with van der Waals surface area (Å²) in [6.45, 7) is 1.25. The van der Waals surface area contributed by atoms with Gasteiger partial charge in [-0.05, 0) is 24.3 Å². The fourth-order valence-electron chi connectivity index (χ4n) is 1.87. The molecule has 0 saturated heterocycles. The molecule has 0 aliphatic rings. The summed E-state index contributed by atoms with van der Waals surface area (Å²) in [4.78, 5) is 23.4. The molecule has 0 unspecified atom stereocenters. The molecule has 0 aliphatic heterocycles. The summed E-state index contributed by atoms with van der Waals surface area (Å²) in [6, 6.07) is 12.4. The van der Waals surface area contributed by atoms with Crippen LogP contribution in [-0.4, -0.2) is 29.2 Å². The van der Waals surface area contributed by atoms with E-state index in [1.165, 1.54) is 31.2 Å². The molecule has 2 aromatic rings. The number of rotatable bonds is 5. The lowest BCUT2D eigenvalue weighted by Gasteiger charge is -2.11. The maximum atomic E-state index is 12.3. The van der Waals surface area contributed by atoms with Gasteiger partial charge in [0.2, 0.25) is 0 Å². The van der Waals surface area contributed by atoms with E-state index in [0.29, 0.717) is 5.69 Å². The van der Waals surface area contributed by atoms with Crippen molar-refractivity contribution in [1.29, 1.82) is 0 Å². The van der Waals surface area contributed by atoms with E-state index in [1.807, 2.05) is 0 Å². The first-order chi connectivity index (χ1) is 11.0. The number of amides is 1. The quantitative estimate of drug-likeness (QED) is 0.435. The third kappa shape index (κ3) is 4.84. The van der Waals surface area contributed by atoms with Crippen LogP contribution >= 0.6 is 0 Å². The summed E-state index contributed by atoms with van der Waals surface area (Å²) < 4.78 is 9.70. The molecule has 0 atom stereocenters. The number of benzene rings is 2. The lowest BCUT2D eigenvalue weighted by molar-refractivity contribution is -0.131. The van der Waals surface area contributed by atoms with E-state index < -0.39 is 19.2 Å². The number of anilines is 1. The third-order valence-corrected chi connectivity index (χ3v) is 2.72. The van der Waals surface area contributed by atoms with E-state index in [4.69, 9.17) is 19.4 Å². The van der Waals surface area contributed by atoms with E-state index in [2.05, 4.69) is 5.32 Å². The third-order valence-electron chi connectivity index (χ3n) is 2.72. The minimum absolute atomic E-state index is 0.149. The van der Waals surface area contributed by atoms with Crippen molar-refractivity contribution in [2.24, 2.45) is 0 Å². The zero-order valence-corrected chi connectivity index (χ0v) is 12.2. The highest BCUT2D eigenvalue weighted by Gasteiger charge is 2.15. The fraction of sp³-hybridized carbons (Fsp3) is 0.0667. The number of esters is 1. The highest BCUT2D eigenvalue weighted by molar-refractivity contribution is 6.33. The Morgan fingerprint density at radius 1 is 1.09 bits per heavy atom. The van der Waals surface area contributed by atoms with Crippen molar-refractivity contribution in [3.63, 3.8) is 0 Å². The Morgan fingerprint density at radius 2 is 1.83 bits per heavy atom. The van der Waals surface area contributed by atoms with Gasteiger partial charge < -0.3 is 24.8 Å². The molecule has 8 heteroatoms. The van der Waals surface area contributed by atoms with Gasteiger partial charge >= 0.3 is 13.3 Å². The summed E-state index contributed by atoms with van der Waals surface area (Å²) in [5, 5.41) is 20.2. The molecule has 0 radical (unpaired) electrons. The van der Waals surface area contributed by atoms with Gasteiger partial charge in [-0.2, -0.15) is 0 Å². The second kappa shape index (κ2) is 7.43. The van der Waals surface area contributed by atoms with Gasteiger partial charge in [0.25, 0.3) is 5.91 Å². The van der Waals surface area contributed by atoms with Crippen LogP contribution in [0.2, 0.25) is 0 Å². The first-order valence-corrected chi connectivity index (χ1v) is 6.67. The lowest BCUT2D eigenvalue weighted by Crippen LogP contribution is -2.20. The summed E-state index contributed by atoms with van der Waals surface area (Å²) in [5.74, 6) is -0.692. The topological polar surface area (TPSA) is 105 Å². The van der Waals surface area contributed by atoms with Crippen molar-refractivity contribution in [3.8, 4) is 11.5 Å². The van der Waals surface area contributed by atoms with Crippen LogP contribution in [0.3, 0.4) is 0 Å². The highest BCUT2D eigenvalue weighted by atomic mass is 16.6. The van der Waals surface area contributed by atoms with Gasteiger partial charge in [-0.25, -0.2) is 0 Å². The second-order valence-corrected chi connectivity index (χ2v) is 4.52. The normalized spacial score (nSPS) is 9.87. The van der Waals surface area contributed by atoms with Crippen molar-refractivity contribution >= 4 is 24.9 Å². The number of nitrogens with one attached hydrogen (secondary N) is 1. The minimum Gasteiger partial charge on any atom is -0.512 e. The van der Waals surface area contributed by atoms with E-state index in [9.17, 15) is 9.59 Å². The molecule has 2 aromatic carbocycles. The maximum absolute atomic E-state index is 12.3. The van der Waals surface area contributed by atoms with Gasteiger partial charge in [0.15, 0.2) is 0 Å². The molecule has 3 N–H and O–H groups in total. The Labute approximate surface area is 132 Å². The molecule has 0 heterocycles. The maximum Gasteiger partial charge on any atom is 0.707 e. The van der Waals surface area contributed by atoms with Crippen LogP contribution in [0.4, 0.5) is 5.69 Å². The zero-order valence-electron chi connectivity index (χ0n) is 12.2. The Balaban J connectivity index is 2.18. The van der Waals surface area contributed by atoms with E-state index in [-0.39, 0.29) is 17.1 Å². The Hall–Kier alpha value is -2.84. The number of hydrogen-bond acceptors (Lipinski definition) is 6. The van der Waals surface area contributed by atoms with E-state index in [0.717, 1.165) is 0 Å². The van der Waals surface area contributed by atoms with Gasteiger partial charge in [0.05, 0.1) is 5.56 Å². The van der Waals surface area contributed by atoms with Crippen LogP contribution in [0.5, 0.6) is 11.5 Å². The molecule has 0 saturated carbocycles. The van der Waals surface area contributed by atoms with Gasteiger partial charge in [0, 0.05) is 18.7 Å². The molecular formula is C15H14BNO6. The lowest BCUT2D eigenvalue weighted by atomic mass is 10.1. The number of carbonyl (C=O) groups is 2. The van der Waals surface area contributed by atoms with Crippen LogP contribution in [-0.2, 0) is 4.79 Å². The van der Waals surface area contributed by atoms with E-state index >= 15 is 0 Å². The Morgan fingerprint density at radius 3 is 2.52 bits per heavy atom. The number of hydrogen-bond donors (Lipinski definition) is 3. The van der Waals surface area contributed by atoms with Gasteiger partial charge in [0.1, 0.15) is 11.5 Å². The predicted molar refractivity (Wildman–Crippen MR) is 83.0 cm³/mol. The second-order valence-electron chi connectivity index (χ2n) is 4.52. The van der Waals surface area contributed by atoms with Crippen LogP contribution in [0, 0.1) is 0 Å². The first-order valence-electron chi connectivity index (χ1n) is 6.67. The molecule has 2 rings (SSSR count). The molecule has 0 aromatic heterocycles. The predicted octanol–water partition coefficient (Wildman–Crippen LogP) is 1.21. The molecule has 0 aliphatic carbocycles. The van der Waals surface area contributed by atoms with Gasteiger partial charge in [-0.3, -0.25) is 9.59 Å². The molecule has 0 spiro atoms. The van der Waals surface area contributed by atoms with Crippen molar-refractivity contribution in [3.05, 3.63) is 54.1 Å². The Kier molecular flexibility index (Phi) is 5.34. The van der Waals surface area contributed by atoms with Crippen LogP contribution in [0.1, 0.15) is 17.3 Å². The van der Waals surface area contributed by atoms with Crippen LogP contribution < -0.4 is 14.7 Å². The Bertz CT molecular complexity index is 719. The summed E-state index contributed by atoms with van der Waals surface area (Å²) >= 11 is 0. The largest absolute Gasteiger partial charge is 0.707 e. The summed E-state index contributed by atoms with van der Waals surface area (Å²) in [5.41, 5.74) is 0.571. The van der Waals surface area contributed by atoms with Crippen molar-refractivity contribution in [2.75, 3.05) is 5.32 Å². The standard InChI is InChI=1S/C15H14BNO6/c1-10(18)22-14-8-3-2-7-13(14)15(19)17-11-5-4-6-12(9-11)23-16(20)21/h2-9,20-21H,1H3,(H,17,19). The van der Waals surface area contributed by atoms with Gasteiger partial charge in [-0.1, -0.05) is 18.2 Å². The number of carbonyl (C=O) groups excluding carboxylic acids is 2. The molecular weight excluding hydrogens is 301 g/mol. The first kappa shape index (κ1) is 16.5. The highest BCUT2D eigenvalue weighted by Crippen LogP contribution is 2.22. The zero-order chi connectivity index (χ0) is 16.8. The molecule has 0 fully saturated rings. The van der Waals surface area contributed by atoms with Crippen molar-refractivity contribution < 1.29 is 29.0 Å². The smallest absolute Gasteiger partial charge is 0.512 e. The van der Waals surface area contributed by atoms with E-state index in [1.54, 1.807) is 24.3 Å². The van der Waals surface area contributed by atoms with Crippen molar-refractivity contribution in [2.45, 2.75) is 6.92 Å². The van der Waals surface area contributed by atoms with Crippen LogP contribution in [0.15, 0.2) is 48.5 Å². The number of para-hydroxylation sites is 1.